The largest absolute Gasteiger partial charge is 0.474 e. The Morgan fingerprint density at radius 2 is 2.07 bits per heavy atom. The van der Waals surface area contributed by atoms with Gasteiger partial charge in [-0.3, -0.25) is 9.59 Å². The molecule has 0 aromatic rings. The molecule has 1 amide bonds. The second-order valence-electron chi connectivity index (χ2n) is 2.64. The molecule has 0 aromatic carbocycles. The van der Waals surface area contributed by atoms with Gasteiger partial charge in [-0.15, -0.1) is 6.58 Å². The summed E-state index contributed by atoms with van der Waals surface area (Å²) in [5, 5.41) is 10.1. The number of hydrogen-bond donors (Lipinski definition) is 2. The van der Waals surface area contributed by atoms with Crippen molar-refractivity contribution >= 4 is 17.8 Å². The van der Waals surface area contributed by atoms with Gasteiger partial charge in [0.1, 0.15) is 6.54 Å². The van der Waals surface area contributed by atoms with Crippen molar-refractivity contribution in [3.05, 3.63) is 12.7 Å². The second kappa shape index (κ2) is 7.54. The minimum Gasteiger partial charge on any atom is -0.474 e. The molecule has 0 rings (SSSR count). The maximum Gasteiger partial charge on any atom is 0.394 e. The van der Waals surface area contributed by atoms with Crippen LogP contribution in [0.1, 0.15) is 12.8 Å². The van der Waals surface area contributed by atoms with Gasteiger partial charge in [-0.2, -0.15) is 0 Å². The second-order valence-corrected chi connectivity index (χ2v) is 2.64. The number of carboxylic acids is 1. The average Bonchev–Trinajstić information content (AvgIpc) is 2.20. The number of allylic oxidation sites excluding steroid dienone is 1. The summed E-state index contributed by atoms with van der Waals surface area (Å²) in [4.78, 5) is 31.4. The first kappa shape index (κ1) is 13.2. The lowest BCUT2D eigenvalue weighted by atomic mass is 10.3. The van der Waals surface area contributed by atoms with Crippen molar-refractivity contribution in [2.45, 2.75) is 12.8 Å². The normalized spacial score (nSPS) is 9.07. The maximum absolute atomic E-state index is 10.9. The van der Waals surface area contributed by atoms with Gasteiger partial charge in [0, 0.05) is 0 Å². The highest BCUT2D eigenvalue weighted by Gasteiger charge is 2.12. The quantitative estimate of drug-likeness (QED) is 0.274. The maximum atomic E-state index is 10.9. The lowest BCUT2D eigenvalue weighted by molar-refractivity contribution is -0.151. The zero-order valence-corrected chi connectivity index (χ0v) is 8.19. The first-order valence-corrected chi connectivity index (χ1v) is 4.35. The molecule has 0 aromatic heterocycles. The van der Waals surface area contributed by atoms with E-state index in [1.54, 1.807) is 6.08 Å². The van der Waals surface area contributed by atoms with E-state index in [1.165, 1.54) is 0 Å². The Morgan fingerprint density at radius 3 is 2.60 bits per heavy atom. The third kappa shape index (κ3) is 7.24. The first-order chi connectivity index (χ1) is 7.07. The summed E-state index contributed by atoms with van der Waals surface area (Å²) >= 11 is 0. The smallest absolute Gasteiger partial charge is 0.394 e. The van der Waals surface area contributed by atoms with Crippen molar-refractivity contribution in [3.63, 3.8) is 0 Å². The lowest BCUT2D eigenvalue weighted by Crippen LogP contribution is -2.35. The van der Waals surface area contributed by atoms with Crippen LogP contribution in [0.25, 0.3) is 0 Å². The van der Waals surface area contributed by atoms with Gasteiger partial charge in [-0.25, -0.2) is 4.79 Å². The van der Waals surface area contributed by atoms with E-state index >= 15 is 0 Å². The van der Waals surface area contributed by atoms with Gasteiger partial charge in [-0.1, -0.05) is 6.08 Å². The lowest BCUT2D eigenvalue weighted by Gasteiger charge is -2.03. The van der Waals surface area contributed by atoms with Crippen molar-refractivity contribution in [2.24, 2.45) is 0 Å². The van der Waals surface area contributed by atoms with E-state index in [1.807, 2.05) is 5.32 Å². The summed E-state index contributed by atoms with van der Waals surface area (Å²) < 4.78 is 4.68. The number of esters is 1. The Hall–Kier alpha value is -1.85. The number of amides is 1. The molecule has 0 bridgehead atoms. The topological polar surface area (TPSA) is 92.7 Å². The number of carboxylic acid groups (broad SMARTS) is 1. The molecule has 2 N–H and O–H groups in total. The van der Waals surface area contributed by atoms with Gasteiger partial charge in [-0.05, 0) is 12.8 Å². The molecule has 0 radical (unpaired) electrons. The molecule has 0 aliphatic rings. The fraction of sp³-hybridized carbons (Fsp3) is 0.444. The summed E-state index contributed by atoms with van der Waals surface area (Å²) in [7, 11) is 0. The highest BCUT2D eigenvalue weighted by Crippen LogP contribution is 1.90. The standard InChI is InChI=1S/C9H13NO5/c1-2-3-4-5-15-7(11)6-10-8(12)9(13)14/h2H,1,3-6H2,(H,10,12)(H,13,14). The minimum atomic E-state index is -1.63. The molecule has 6 heteroatoms. The Bertz CT molecular complexity index is 261. The van der Waals surface area contributed by atoms with E-state index in [4.69, 9.17) is 5.11 Å². The van der Waals surface area contributed by atoms with Crippen LogP contribution in [0.15, 0.2) is 12.7 Å². The van der Waals surface area contributed by atoms with E-state index in [2.05, 4.69) is 11.3 Å². The van der Waals surface area contributed by atoms with Crippen LogP contribution in [0, 0.1) is 0 Å². The Kier molecular flexibility index (Phi) is 6.61. The summed E-state index contributed by atoms with van der Waals surface area (Å²) in [6.45, 7) is 3.29. The third-order valence-electron chi connectivity index (χ3n) is 1.40. The highest BCUT2D eigenvalue weighted by atomic mass is 16.5. The van der Waals surface area contributed by atoms with E-state index in [-0.39, 0.29) is 6.61 Å². The van der Waals surface area contributed by atoms with E-state index in [9.17, 15) is 14.4 Å². The van der Waals surface area contributed by atoms with Crippen molar-refractivity contribution < 1.29 is 24.2 Å². The van der Waals surface area contributed by atoms with Crippen molar-refractivity contribution in [3.8, 4) is 0 Å². The number of unbranched alkanes of at least 4 members (excludes halogenated alkanes) is 1. The van der Waals surface area contributed by atoms with Gasteiger partial charge < -0.3 is 15.2 Å². The number of hydrogen-bond acceptors (Lipinski definition) is 4. The molecule has 0 fully saturated rings. The van der Waals surface area contributed by atoms with Crippen molar-refractivity contribution in [1.82, 2.24) is 5.32 Å². The van der Waals surface area contributed by atoms with Gasteiger partial charge in [0.15, 0.2) is 0 Å². The number of carbonyl (C=O) groups excluding carboxylic acids is 2. The molecule has 6 nitrogen and oxygen atoms in total. The Morgan fingerprint density at radius 1 is 1.40 bits per heavy atom. The van der Waals surface area contributed by atoms with Crippen molar-refractivity contribution in [1.29, 1.82) is 0 Å². The molecule has 15 heavy (non-hydrogen) atoms. The molecule has 0 atom stereocenters. The number of aliphatic carboxylic acids is 1. The number of nitrogens with one attached hydrogen (secondary N) is 1. The van der Waals surface area contributed by atoms with Crippen LogP contribution < -0.4 is 5.32 Å². The van der Waals surface area contributed by atoms with E-state index in [0.29, 0.717) is 6.42 Å². The summed E-state index contributed by atoms with van der Waals surface area (Å²) in [5.74, 6) is -3.51. The number of rotatable bonds is 6. The predicted molar refractivity (Wildman–Crippen MR) is 51.0 cm³/mol. The average molecular weight is 215 g/mol. The molecule has 0 unspecified atom stereocenters. The van der Waals surface area contributed by atoms with Gasteiger partial charge in [0.25, 0.3) is 0 Å². The zero-order chi connectivity index (χ0) is 11.7. The first-order valence-electron chi connectivity index (χ1n) is 4.35. The minimum absolute atomic E-state index is 0.230. The van der Waals surface area contributed by atoms with E-state index in [0.717, 1.165) is 6.42 Å². The van der Waals surface area contributed by atoms with Gasteiger partial charge >= 0.3 is 17.8 Å². The fourth-order valence-electron chi connectivity index (χ4n) is 0.693. The summed E-state index contributed by atoms with van der Waals surface area (Å²) in [6, 6.07) is 0. The van der Waals surface area contributed by atoms with Crippen LogP contribution in [0.3, 0.4) is 0 Å². The van der Waals surface area contributed by atoms with Crippen LogP contribution in [0.2, 0.25) is 0 Å². The molecular weight excluding hydrogens is 202 g/mol. The number of carbonyl (C=O) groups is 3. The molecule has 0 heterocycles. The van der Waals surface area contributed by atoms with Crippen LogP contribution in [-0.4, -0.2) is 36.1 Å². The van der Waals surface area contributed by atoms with Crippen LogP contribution in [-0.2, 0) is 19.1 Å². The molecular formula is C9H13NO5. The van der Waals surface area contributed by atoms with Crippen LogP contribution in [0.5, 0.6) is 0 Å². The van der Waals surface area contributed by atoms with Crippen LogP contribution in [0.4, 0.5) is 0 Å². The summed E-state index contributed by atoms with van der Waals surface area (Å²) in [6.07, 6.45) is 3.08. The summed E-state index contributed by atoms with van der Waals surface area (Å²) in [5.41, 5.74) is 0. The van der Waals surface area contributed by atoms with Gasteiger partial charge in [0.2, 0.25) is 0 Å². The van der Waals surface area contributed by atoms with Gasteiger partial charge in [0.05, 0.1) is 6.61 Å². The fourth-order valence-corrected chi connectivity index (χ4v) is 0.693. The zero-order valence-electron chi connectivity index (χ0n) is 8.19. The van der Waals surface area contributed by atoms with Crippen molar-refractivity contribution in [2.75, 3.05) is 13.2 Å². The molecule has 0 aliphatic carbocycles. The van der Waals surface area contributed by atoms with E-state index < -0.39 is 24.4 Å². The molecule has 0 saturated carbocycles. The third-order valence-corrected chi connectivity index (χ3v) is 1.40. The monoisotopic (exact) mass is 215 g/mol. The number of ether oxygens (including phenoxy) is 1. The molecule has 0 saturated heterocycles. The molecule has 84 valence electrons. The van der Waals surface area contributed by atoms with Crippen LogP contribution >= 0.6 is 0 Å². The predicted octanol–water partition coefficient (Wildman–Crippen LogP) is -0.303. The Balaban J connectivity index is 3.53. The SMILES string of the molecule is C=CCCCOC(=O)CNC(=O)C(=O)O. The highest BCUT2D eigenvalue weighted by molar-refractivity contribution is 6.31. The molecule has 0 aliphatic heterocycles. The molecule has 0 spiro atoms. The Labute approximate surface area is 86.9 Å².